The molecule has 1 fully saturated rings. The first-order chi connectivity index (χ1) is 15.0. The summed E-state index contributed by atoms with van der Waals surface area (Å²) in [5.74, 6) is -1.95. The molecule has 0 unspecified atom stereocenters. The minimum absolute atomic E-state index is 0.136. The molecule has 2 aromatic carbocycles. The summed E-state index contributed by atoms with van der Waals surface area (Å²) in [6.45, 7) is 7.41. The van der Waals surface area contributed by atoms with Gasteiger partial charge in [0, 0.05) is 44.3 Å². The number of carbonyl (C=O) groups is 1. The van der Waals surface area contributed by atoms with Crippen LogP contribution in [0.5, 0.6) is 0 Å². The topological polar surface area (TPSA) is 41.4 Å². The van der Waals surface area contributed by atoms with E-state index in [-0.39, 0.29) is 11.9 Å². The maximum absolute atomic E-state index is 13.7. The van der Waals surface area contributed by atoms with Crippen molar-refractivity contribution in [1.29, 1.82) is 0 Å². The summed E-state index contributed by atoms with van der Waals surface area (Å²) in [5.41, 5.74) is 2.68. The van der Waals surface area contributed by atoms with Crippen LogP contribution < -0.4 is 0 Å². The second-order valence-electron chi connectivity index (χ2n) is 7.77. The van der Waals surface area contributed by atoms with Gasteiger partial charge in [-0.15, -0.1) is 0 Å². The zero-order chi connectivity index (χ0) is 22.0. The molecule has 0 spiro atoms. The number of piperazine rings is 1. The Labute approximate surface area is 180 Å². The quantitative estimate of drug-likeness (QED) is 0.611. The third-order valence-corrected chi connectivity index (χ3v) is 5.95. The molecule has 0 N–H and O–H groups in total. The summed E-state index contributed by atoms with van der Waals surface area (Å²) in [7, 11) is 0. The minimum Gasteiger partial charge on any atom is -0.335 e. The highest BCUT2D eigenvalue weighted by molar-refractivity contribution is 5.93. The second kappa shape index (κ2) is 8.98. The van der Waals surface area contributed by atoms with Gasteiger partial charge < -0.3 is 4.90 Å². The summed E-state index contributed by atoms with van der Waals surface area (Å²) in [6.07, 6.45) is 0. The van der Waals surface area contributed by atoms with E-state index in [2.05, 4.69) is 29.1 Å². The number of rotatable bonds is 5. The highest BCUT2D eigenvalue weighted by atomic mass is 19.2. The molecule has 0 saturated carbocycles. The summed E-state index contributed by atoms with van der Waals surface area (Å²) < 4.78 is 28.7. The number of carbonyl (C=O) groups excluding carboxylic acids is 1. The predicted molar refractivity (Wildman–Crippen MR) is 116 cm³/mol. The molecule has 31 heavy (non-hydrogen) atoms. The number of hydrogen-bond acceptors (Lipinski definition) is 3. The van der Waals surface area contributed by atoms with Crippen LogP contribution in [0.2, 0.25) is 0 Å². The molecule has 5 nitrogen and oxygen atoms in total. The van der Waals surface area contributed by atoms with Gasteiger partial charge in [0.05, 0.1) is 5.69 Å². The molecular formula is C24H26F2N4O. The van der Waals surface area contributed by atoms with Gasteiger partial charge in [-0.25, -0.2) is 8.78 Å². The molecular weight excluding hydrogens is 398 g/mol. The Bertz CT molecular complexity index is 1060. The highest BCUT2D eigenvalue weighted by Crippen LogP contribution is 2.25. The largest absolute Gasteiger partial charge is 0.335 e. The summed E-state index contributed by atoms with van der Waals surface area (Å²) in [4.78, 5) is 17.3. The molecule has 4 rings (SSSR count). The molecule has 0 bridgehead atoms. The fourth-order valence-corrected chi connectivity index (χ4v) is 4.07. The Balaban J connectivity index is 1.47. The molecule has 1 atom stereocenters. The van der Waals surface area contributed by atoms with Gasteiger partial charge in [-0.1, -0.05) is 30.3 Å². The maximum atomic E-state index is 13.7. The fourth-order valence-electron chi connectivity index (χ4n) is 4.07. The average Bonchev–Trinajstić information content (AvgIpc) is 3.25. The lowest BCUT2D eigenvalue weighted by atomic mass is 10.1. The molecule has 7 heteroatoms. The average molecular weight is 424 g/mol. The van der Waals surface area contributed by atoms with Crippen LogP contribution in [-0.2, 0) is 6.54 Å². The van der Waals surface area contributed by atoms with Gasteiger partial charge in [0.25, 0.3) is 5.91 Å². The molecule has 1 aliphatic heterocycles. The summed E-state index contributed by atoms with van der Waals surface area (Å²) in [6, 6.07) is 16.0. The number of nitrogens with zero attached hydrogens (tertiary/aromatic N) is 4. The fraction of sp³-hybridized carbons (Fsp3) is 0.333. The first-order valence-corrected chi connectivity index (χ1v) is 10.6. The standard InChI is InChI=1S/C24H26F2N4O/c1-3-30-23(19-9-10-20(25)21(26)15-19)16-22(27-30)24(31)29-13-11-28(12-14-29)17(2)18-7-5-4-6-8-18/h4-10,15-17H,3,11-14H2,1-2H3/t17-/m0/s1. The van der Waals surface area contributed by atoms with E-state index in [1.165, 1.54) is 11.6 Å². The van der Waals surface area contributed by atoms with Crippen molar-refractivity contribution in [3.05, 3.63) is 77.5 Å². The number of aromatic nitrogens is 2. The number of halogens is 2. The number of hydrogen-bond donors (Lipinski definition) is 0. The van der Waals surface area contributed by atoms with Gasteiger partial charge >= 0.3 is 0 Å². The van der Waals surface area contributed by atoms with Crippen LogP contribution in [0.4, 0.5) is 8.78 Å². The second-order valence-corrected chi connectivity index (χ2v) is 7.77. The van der Waals surface area contributed by atoms with E-state index < -0.39 is 11.6 Å². The molecule has 0 radical (unpaired) electrons. The van der Waals surface area contributed by atoms with Crippen LogP contribution in [-0.4, -0.2) is 51.7 Å². The van der Waals surface area contributed by atoms with Gasteiger partial charge in [-0.05, 0) is 43.7 Å². The Morgan fingerprint density at radius 3 is 2.35 bits per heavy atom. The van der Waals surface area contributed by atoms with Crippen LogP contribution in [0.1, 0.15) is 35.9 Å². The van der Waals surface area contributed by atoms with E-state index in [9.17, 15) is 13.6 Å². The van der Waals surface area contributed by atoms with Crippen LogP contribution in [0.3, 0.4) is 0 Å². The maximum Gasteiger partial charge on any atom is 0.274 e. The van der Waals surface area contributed by atoms with Gasteiger partial charge in [-0.3, -0.25) is 14.4 Å². The predicted octanol–water partition coefficient (Wildman–Crippen LogP) is 4.37. The van der Waals surface area contributed by atoms with Gasteiger partial charge in [-0.2, -0.15) is 5.10 Å². The highest BCUT2D eigenvalue weighted by Gasteiger charge is 2.27. The van der Waals surface area contributed by atoms with E-state index >= 15 is 0 Å². The molecule has 1 saturated heterocycles. The molecule has 2 heterocycles. The van der Waals surface area contributed by atoms with E-state index in [0.717, 1.165) is 25.2 Å². The van der Waals surface area contributed by atoms with Crippen LogP contribution in [0.25, 0.3) is 11.3 Å². The smallest absolute Gasteiger partial charge is 0.274 e. The lowest BCUT2D eigenvalue weighted by Gasteiger charge is -2.38. The molecule has 1 aromatic heterocycles. The Morgan fingerprint density at radius 1 is 1.00 bits per heavy atom. The summed E-state index contributed by atoms with van der Waals surface area (Å²) in [5, 5.41) is 4.43. The first-order valence-electron chi connectivity index (χ1n) is 10.6. The Kier molecular flexibility index (Phi) is 6.13. The van der Waals surface area contributed by atoms with Gasteiger partial charge in [0.2, 0.25) is 0 Å². The van der Waals surface area contributed by atoms with Crippen molar-refractivity contribution in [2.75, 3.05) is 26.2 Å². The molecule has 1 aliphatic rings. The van der Waals surface area contributed by atoms with Gasteiger partial charge in [0.15, 0.2) is 17.3 Å². The van der Waals surface area contributed by atoms with E-state index in [0.29, 0.717) is 36.6 Å². The van der Waals surface area contributed by atoms with Crippen molar-refractivity contribution in [2.45, 2.75) is 26.4 Å². The molecule has 1 amide bonds. The van der Waals surface area contributed by atoms with E-state index in [1.807, 2.05) is 30.0 Å². The van der Waals surface area contributed by atoms with Gasteiger partial charge in [0.1, 0.15) is 0 Å². The monoisotopic (exact) mass is 424 g/mol. The molecule has 162 valence electrons. The number of amides is 1. The van der Waals surface area contributed by atoms with Crippen molar-refractivity contribution in [1.82, 2.24) is 19.6 Å². The zero-order valence-corrected chi connectivity index (χ0v) is 17.8. The van der Waals surface area contributed by atoms with Crippen molar-refractivity contribution in [3.8, 4) is 11.3 Å². The number of benzene rings is 2. The SMILES string of the molecule is CCn1nc(C(=O)N2CCN([C@@H](C)c3ccccc3)CC2)cc1-c1ccc(F)c(F)c1. The van der Waals surface area contributed by atoms with Crippen molar-refractivity contribution in [2.24, 2.45) is 0 Å². The zero-order valence-electron chi connectivity index (χ0n) is 17.8. The summed E-state index contributed by atoms with van der Waals surface area (Å²) >= 11 is 0. The lowest BCUT2D eigenvalue weighted by Crippen LogP contribution is -2.49. The Hall–Kier alpha value is -3.06. The van der Waals surface area contributed by atoms with Crippen molar-refractivity contribution >= 4 is 5.91 Å². The number of aryl methyl sites for hydroxylation is 1. The Morgan fingerprint density at radius 2 is 1.71 bits per heavy atom. The molecule has 3 aromatic rings. The molecule has 0 aliphatic carbocycles. The van der Waals surface area contributed by atoms with E-state index in [1.54, 1.807) is 10.7 Å². The first kappa shape index (κ1) is 21.2. The van der Waals surface area contributed by atoms with Crippen molar-refractivity contribution in [3.63, 3.8) is 0 Å². The minimum atomic E-state index is -0.919. The van der Waals surface area contributed by atoms with Crippen LogP contribution in [0, 0.1) is 11.6 Å². The van der Waals surface area contributed by atoms with Crippen LogP contribution >= 0.6 is 0 Å². The van der Waals surface area contributed by atoms with Crippen molar-refractivity contribution < 1.29 is 13.6 Å². The lowest BCUT2D eigenvalue weighted by molar-refractivity contribution is 0.0576. The van der Waals surface area contributed by atoms with Crippen LogP contribution in [0.15, 0.2) is 54.6 Å². The third-order valence-electron chi connectivity index (χ3n) is 5.95. The van der Waals surface area contributed by atoms with E-state index in [4.69, 9.17) is 0 Å². The third kappa shape index (κ3) is 4.37. The normalized spacial score (nSPS) is 15.8.